The first kappa shape index (κ1) is 15.8. The van der Waals surface area contributed by atoms with Gasteiger partial charge in [-0.1, -0.05) is 17.9 Å². The summed E-state index contributed by atoms with van der Waals surface area (Å²) in [5, 5.41) is 8.71. The topological polar surface area (TPSA) is 35.9 Å². The number of likely N-dealkylation sites (N-methyl/N-ethyl adjacent to an activating group) is 1. The molecule has 1 heterocycles. The average Bonchev–Trinajstić information content (AvgIpc) is 2.49. The number of piperazine rings is 1. The van der Waals surface area contributed by atoms with Crippen LogP contribution in [0.1, 0.15) is 12.5 Å². The van der Waals surface area contributed by atoms with Gasteiger partial charge in [0.15, 0.2) is 0 Å². The maximum absolute atomic E-state index is 8.71. The molecule has 2 rings (SSSR count). The van der Waals surface area contributed by atoms with E-state index >= 15 is 0 Å². The molecule has 1 saturated heterocycles. The number of rotatable bonds is 4. The van der Waals surface area contributed by atoms with Gasteiger partial charge in [0.1, 0.15) is 19.0 Å². The Labute approximate surface area is 127 Å². The highest BCUT2D eigenvalue weighted by atomic mass is 16.5. The van der Waals surface area contributed by atoms with Crippen LogP contribution in [-0.2, 0) is 0 Å². The van der Waals surface area contributed by atoms with Crippen LogP contribution in [0.2, 0.25) is 0 Å². The van der Waals surface area contributed by atoms with Crippen LogP contribution in [0.15, 0.2) is 24.3 Å². The lowest BCUT2D eigenvalue weighted by molar-refractivity contribution is 0.0928. The molecule has 1 fully saturated rings. The summed E-state index contributed by atoms with van der Waals surface area (Å²) in [5.41, 5.74) is 0.870. The lowest BCUT2D eigenvalue weighted by Gasteiger charge is -2.37. The van der Waals surface area contributed by atoms with E-state index in [0.717, 1.165) is 37.5 Å². The van der Waals surface area contributed by atoms with Gasteiger partial charge < -0.3 is 14.7 Å². The van der Waals surface area contributed by atoms with Gasteiger partial charge in [-0.25, -0.2) is 0 Å². The van der Waals surface area contributed by atoms with Gasteiger partial charge in [0.2, 0.25) is 0 Å². The van der Waals surface area contributed by atoms with Crippen LogP contribution in [0.3, 0.4) is 0 Å². The van der Waals surface area contributed by atoms with Crippen molar-refractivity contribution in [3.63, 3.8) is 0 Å². The number of aliphatic hydroxyl groups excluding tert-OH is 1. The van der Waals surface area contributed by atoms with Crippen molar-refractivity contribution < 1.29 is 9.84 Å². The van der Waals surface area contributed by atoms with E-state index in [2.05, 4.69) is 35.6 Å². The van der Waals surface area contributed by atoms with Gasteiger partial charge in [0, 0.05) is 37.8 Å². The van der Waals surface area contributed by atoms with Crippen molar-refractivity contribution in [2.24, 2.45) is 0 Å². The van der Waals surface area contributed by atoms with Crippen molar-refractivity contribution in [1.82, 2.24) is 9.80 Å². The van der Waals surface area contributed by atoms with E-state index in [0.29, 0.717) is 12.6 Å². The monoisotopic (exact) mass is 288 g/mol. The summed E-state index contributed by atoms with van der Waals surface area (Å²) in [6.45, 7) is 7.10. The second-order valence-electron chi connectivity index (χ2n) is 5.47. The quantitative estimate of drug-likeness (QED) is 0.840. The second-order valence-corrected chi connectivity index (χ2v) is 5.47. The van der Waals surface area contributed by atoms with Gasteiger partial charge in [-0.05, 0) is 32.2 Å². The van der Waals surface area contributed by atoms with Crippen molar-refractivity contribution >= 4 is 0 Å². The SMILES string of the molecule is CC1CN(CCOc2cccc(C#CCO)c2)CCN1C. The summed E-state index contributed by atoms with van der Waals surface area (Å²) in [6.07, 6.45) is 0. The van der Waals surface area contributed by atoms with Crippen LogP contribution in [-0.4, -0.2) is 67.4 Å². The largest absolute Gasteiger partial charge is 0.492 e. The second kappa shape index (κ2) is 8.04. The van der Waals surface area contributed by atoms with E-state index in [1.807, 2.05) is 24.3 Å². The molecular formula is C17H24N2O2. The first-order valence-corrected chi connectivity index (χ1v) is 7.44. The Morgan fingerprint density at radius 1 is 1.38 bits per heavy atom. The molecule has 0 spiro atoms. The predicted molar refractivity (Wildman–Crippen MR) is 84.4 cm³/mol. The number of aliphatic hydroxyl groups is 1. The standard InChI is InChI=1S/C17H24N2O2/c1-15-14-19(9-8-18(15)2)10-12-21-17-7-3-5-16(13-17)6-4-11-20/h3,5,7,13,15,20H,8-12,14H2,1-2H3. The molecule has 0 aromatic heterocycles. The molecule has 21 heavy (non-hydrogen) atoms. The minimum Gasteiger partial charge on any atom is -0.492 e. The van der Waals surface area contributed by atoms with Gasteiger partial charge in [0.05, 0.1) is 0 Å². The number of benzene rings is 1. The number of ether oxygens (including phenoxy) is 1. The fourth-order valence-electron chi connectivity index (χ4n) is 2.42. The predicted octanol–water partition coefficient (Wildman–Crippen LogP) is 1.05. The van der Waals surface area contributed by atoms with Gasteiger partial charge >= 0.3 is 0 Å². The summed E-state index contributed by atoms with van der Waals surface area (Å²) < 4.78 is 5.81. The first-order valence-electron chi connectivity index (χ1n) is 7.44. The van der Waals surface area contributed by atoms with Crippen LogP contribution in [0.4, 0.5) is 0 Å². The molecule has 0 amide bonds. The highest BCUT2D eigenvalue weighted by Gasteiger charge is 2.19. The summed E-state index contributed by atoms with van der Waals surface area (Å²) in [7, 11) is 2.18. The average molecular weight is 288 g/mol. The van der Waals surface area contributed by atoms with Gasteiger partial charge in [-0.2, -0.15) is 0 Å². The fourth-order valence-corrected chi connectivity index (χ4v) is 2.42. The highest BCUT2D eigenvalue weighted by Crippen LogP contribution is 2.13. The number of hydrogen-bond acceptors (Lipinski definition) is 4. The normalized spacial score (nSPS) is 19.9. The molecule has 0 aliphatic carbocycles. The molecule has 0 radical (unpaired) electrons. The molecule has 1 atom stereocenters. The number of nitrogens with zero attached hydrogens (tertiary/aromatic N) is 2. The molecule has 4 nitrogen and oxygen atoms in total. The van der Waals surface area contributed by atoms with Crippen molar-refractivity contribution in [2.75, 3.05) is 46.4 Å². The van der Waals surface area contributed by atoms with Crippen molar-refractivity contribution in [2.45, 2.75) is 13.0 Å². The van der Waals surface area contributed by atoms with E-state index in [-0.39, 0.29) is 6.61 Å². The van der Waals surface area contributed by atoms with Gasteiger partial charge in [0.25, 0.3) is 0 Å². The Morgan fingerprint density at radius 3 is 3.00 bits per heavy atom. The third kappa shape index (κ3) is 5.05. The van der Waals surface area contributed by atoms with Crippen molar-refractivity contribution in [3.05, 3.63) is 29.8 Å². The Balaban J connectivity index is 1.78. The molecule has 1 aliphatic rings. The van der Waals surface area contributed by atoms with Crippen molar-refractivity contribution in [3.8, 4) is 17.6 Å². The van der Waals surface area contributed by atoms with Gasteiger partial charge in [-0.15, -0.1) is 0 Å². The minimum atomic E-state index is -0.118. The van der Waals surface area contributed by atoms with E-state index in [9.17, 15) is 0 Å². The van der Waals surface area contributed by atoms with Crippen molar-refractivity contribution in [1.29, 1.82) is 0 Å². The molecule has 1 aromatic carbocycles. The molecule has 0 bridgehead atoms. The third-order valence-corrected chi connectivity index (χ3v) is 3.87. The van der Waals surface area contributed by atoms with E-state index < -0.39 is 0 Å². The number of hydrogen-bond donors (Lipinski definition) is 1. The summed E-state index contributed by atoms with van der Waals surface area (Å²) in [6, 6.07) is 8.30. The zero-order chi connectivity index (χ0) is 15.1. The Bertz CT molecular complexity index is 507. The summed E-state index contributed by atoms with van der Waals surface area (Å²) >= 11 is 0. The smallest absolute Gasteiger partial charge is 0.120 e. The molecular weight excluding hydrogens is 264 g/mol. The maximum Gasteiger partial charge on any atom is 0.120 e. The fraction of sp³-hybridized carbons (Fsp3) is 0.529. The lowest BCUT2D eigenvalue weighted by Crippen LogP contribution is -2.50. The lowest BCUT2D eigenvalue weighted by atomic mass is 10.2. The van der Waals surface area contributed by atoms with Crippen LogP contribution in [0.5, 0.6) is 5.75 Å². The molecule has 1 aliphatic heterocycles. The first-order chi connectivity index (χ1) is 10.2. The Morgan fingerprint density at radius 2 is 2.24 bits per heavy atom. The van der Waals surface area contributed by atoms with E-state index in [4.69, 9.17) is 9.84 Å². The third-order valence-electron chi connectivity index (χ3n) is 3.87. The van der Waals surface area contributed by atoms with Crippen LogP contribution < -0.4 is 4.74 Å². The van der Waals surface area contributed by atoms with E-state index in [1.54, 1.807) is 0 Å². The molecule has 114 valence electrons. The maximum atomic E-state index is 8.71. The molecule has 4 heteroatoms. The summed E-state index contributed by atoms with van der Waals surface area (Å²) in [5.74, 6) is 6.37. The molecule has 1 aromatic rings. The molecule has 1 N–H and O–H groups in total. The minimum absolute atomic E-state index is 0.118. The van der Waals surface area contributed by atoms with Gasteiger partial charge in [-0.3, -0.25) is 4.90 Å². The van der Waals surface area contributed by atoms with E-state index in [1.165, 1.54) is 0 Å². The highest BCUT2D eigenvalue weighted by molar-refractivity contribution is 5.39. The molecule has 1 unspecified atom stereocenters. The van der Waals surface area contributed by atoms with Crippen LogP contribution in [0, 0.1) is 11.8 Å². The zero-order valence-corrected chi connectivity index (χ0v) is 12.9. The Kier molecular flexibility index (Phi) is 6.06. The van der Waals surface area contributed by atoms with Crippen LogP contribution in [0.25, 0.3) is 0 Å². The summed E-state index contributed by atoms with van der Waals surface area (Å²) in [4.78, 5) is 4.83. The zero-order valence-electron chi connectivity index (χ0n) is 12.9. The Hall–Kier alpha value is -1.54. The van der Waals surface area contributed by atoms with Crippen LogP contribution >= 0.6 is 0 Å². The molecule has 0 saturated carbocycles.